The highest BCUT2D eigenvalue weighted by Crippen LogP contribution is 2.28. The van der Waals surface area contributed by atoms with Gasteiger partial charge in [-0.15, -0.1) is 0 Å². The van der Waals surface area contributed by atoms with Gasteiger partial charge in [-0.25, -0.2) is 0 Å². The molecule has 0 N–H and O–H groups in total. The zero-order valence-corrected chi connectivity index (χ0v) is 11.2. The number of hydrogen-bond donors (Lipinski definition) is 0. The molecule has 0 aliphatic heterocycles. The van der Waals surface area contributed by atoms with E-state index in [9.17, 15) is 0 Å². The quantitative estimate of drug-likeness (QED) is 0.682. The van der Waals surface area contributed by atoms with E-state index in [0.717, 1.165) is 14.5 Å². The molecule has 0 amide bonds. The Bertz CT molecular complexity index is 412. The maximum atomic E-state index is 8.69. The van der Waals surface area contributed by atoms with E-state index in [1.165, 1.54) is 0 Å². The van der Waals surface area contributed by atoms with Crippen molar-refractivity contribution in [2.45, 2.75) is 6.92 Å². The Morgan fingerprint density at radius 1 is 1.29 bits per heavy atom. The first-order valence-corrected chi connectivity index (χ1v) is 5.74. The third-order valence-electron chi connectivity index (χ3n) is 1.61. The minimum absolute atomic E-state index is 0.481. The highest BCUT2D eigenvalue weighted by Gasteiger charge is 2.04. The molecular weight excluding hydrogens is 329 g/mol. The first-order chi connectivity index (χ1) is 6.54. The summed E-state index contributed by atoms with van der Waals surface area (Å²) in [7, 11) is 0. The lowest BCUT2D eigenvalue weighted by molar-refractivity contribution is 1.45. The van der Waals surface area contributed by atoms with Crippen molar-refractivity contribution < 1.29 is 0 Å². The fourth-order valence-corrected chi connectivity index (χ4v) is 2.39. The predicted octanol–water partition coefficient (Wildman–Crippen LogP) is 4.70. The highest BCUT2D eigenvalue weighted by molar-refractivity contribution is 9.11. The molecule has 0 saturated heterocycles. The number of allylic oxidation sites excluding steroid dienone is 1. The van der Waals surface area contributed by atoms with Crippen molar-refractivity contribution in [3.63, 3.8) is 0 Å². The maximum absolute atomic E-state index is 8.69. The molecule has 1 aromatic rings. The van der Waals surface area contributed by atoms with Crippen LogP contribution < -0.4 is 0 Å². The molecule has 0 unspecified atom stereocenters. The van der Waals surface area contributed by atoms with Crippen LogP contribution in [-0.2, 0) is 0 Å². The molecule has 0 fully saturated rings. The van der Waals surface area contributed by atoms with Crippen LogP contribution in [0.15, 0.2) is 32.7 Å². The third kappa shape index (κ3) is 2.84. The van der Waals surface area contributed by atoms with E-state index >= 15 is 0 Å². The monoisotopic (exact) mass is 333 g/mol. The normalized spacial score (nSPS) is 11.9. The molecule has 4 heteroatoms. The van der Waals surface area contributed by atoms with Crippen molar-refractivity contribution in [1.29, 1.82) is 5.26 Å². The van der Waals surface area contributed by atoms with E-state index in [-0.39, 0.29) is 0 Å². The summed E-state index contributed by atoms with van der Waals surface area (Å²) in [5, 5.41) is 9.17. The summed E-state index contributed by atoms with van der Waals surface area (Å²) < 4.78 is 1.84. The van der Waals surface area contributed by atoms with Crippen molar-refractivity contribution in [2.75, 3.05) is 0 Å². The minimum atomic E-state index is 0.481. The third-order valence-corrected chi connectivity index (χ3v) is 3.03. The van der Waals surface area contributed by atoms with E-state index in [1.54, 1.807) is 6.92 Å². The van der Waals surface area contributed by atoms with Gasteiger partial charge in [0, 0.05) is 14.5 Å². The molecule has 0 saturated carbocycles. The summed E-state index contributed by atoms with van der Waals surface area (Å²) in [4.78, 5) is 0. The van der Waals surface area contributed by atoms with Gasteiger partial charge in [-0.2, -0.15) is 5.26 Å². The second kappa shape index (κ2) is 4.97. The summed E-state index contributed by atoms with van der Waals surface area (Å²) in [5.41, 5.74) is 1.34. The van der Waals surface area contributed by atoms with Gasteiger partial charge >= 0.3 is 0 Å². The van der Waals surface area contributed by atoms with E-state index in [1.807, 2.05) is 24.3 Å². The van der Waals surface area contributed by atoms with Crippen LogP contribution >= 0.6 is 43.5 Å². The Labute approximate surface area is 105 Å². The summed E-state index contributed by atoms with van der Waals surface area (Å²) in [6, 6.07) is 7.67. The zero-order chi connectivity index (χ0) is 10.7. The minimum Gasteiger partial charge on any atom is -0.193 e. The van der Waals surface area contributed by atoms with Crippen LogP contribution in [-0.4, -0.2) is 0 Å². The molecule has 0 heterocycles. The van der Waals surface area contributed by atoms with Gasteiger partial charge in [0.05, 0.1) is 11.1 Å². The van der Waals surface area contributed by atoms with Crippen molar-refractivity contribution in [3.05, 3.63) is 38.3 Å². The van der Waals surface area contributed by atoms with Crippen LogP contribution in [0.3, 0.4) is 0 Å². The van der Waals surface area contributed by atoms with Crippen LogP contribution in [0.4, 0.5) is 0 Å². The molecule has 1 aromatic carbocycles. The van der Waals surface area contributed by atoms with Crippen molar-refractivity contribution in [2.24, 2.45) is 0 Å². The van der Waals surface area contributed by atoms with Crippen LogP contribution in [0, 0.1) is 11.3 Å². The number of hydrogen-bond acceptors (Lipinski definition) is 1. The van der Waals surface area contributed by atoms with E-state index in [2.05, 4.69) is 31.9 Å². The van der Waals surface area contributed by atoms with Crippen molar-refractivity contribution in [1.82, 2.24) is 0 Å². The number of rotatable bonds is 1. The molecule has 0 spiro atoms. The van der Waals surface area contributed by atoms with E-state index in [4.69, 9.17) is 16.9 Å². The second-order valence-corrected chi connectivity index (χ2v) is 4.92. The Kier molecular flexibility index (Phi) is 4.18. The molecule has 0 atom stereocenters. The Hall–Kier alpha value is -0.300. The lowest BCUT2D eigenvalue weighted by Gasteiger charge is -2.02. The first kappa shape index (κ1) is 11.8. The second-order valence-electron chi connectivity index (χ2n) is 2.71. The van der Waals surface area contributed by atoms with E-state index < -0.39 is 0 Å². The molecular formula is C10H6Br2ClN. The molecule has 1 rings (SSSR count). The number of nitriles is 1. The Morgan fingerprint density at radius 3 is 2.21 bits per heavy atom. The van der Waals surface area contributed by atoms with Crippen LogP contribution in [0.2, 0.25) is 0 Å². The van der Waals surface area contributed by atoms with Gasteiger partial charge in [-0.1, -0.05) is 43.5 Å². The van der Waals surface area contributed by atoms with Gasteiger partial charge in [0.1, 0.15) is 0 Å². The molecule has 0 aromatic heterocycles. The van der Waals surface area contributed by atoms with Gasteiger partial charge in [0.25, 0.3) is 0 Å². The molecule has 0 aliphatic carbocycles. The van der Waals surface area contributed by atoms with Crippen LogP contribution in [0.1, 0.15) is 12.5 Å². The molecule has 72 valence electrons. The fourth-order valence-electron chi connectivity index (χ4n) is 0.946. The van der Waals surface area contributed by atoms with Gasteiger partial charge in [-0.3, -0.25) is 0 Å². The van der Waals surface area contributed by atoms with Crippen LogP contribution in [0.5, 0.6) is 0 Å². The zero-order valence-electron chi connectivity index (χ0n) is 7.31. The van der Waals surface area contributed by atoms with Crippen molar-refractivity contribution >= 4 is 48.5 Å². The highest BCUT2D eigenvalue weighted by atomic mass is 79.9. The largest absolute Gasteiger partial charge is 0.193 e. The van der Waals surface area contributed by atoms with Gasteiger partial charge in [0.15, 0.2) is 0 Å². The molecule has 0 aliphatic rings. The molecule has 0 radical (unpaired) electrons. The lowest BCUT2D eigenvalue weighted by atomic mass is 10.1. The predicted molar refractivity (Wildman–Crippen MR) is 65.9 cm³/mol. The maximum Gasteiger partial charge on any atom is 0.0959 e. The average molecular weight is 335 g/mol. The SMILES string of the molecule is C/C(C#N)=C(/Cl)c1cc(Br)cc(Br)c1. The first-order valence-electron chi connectivity index (χ1n) is 3.77. The molecule has 0 bridgehead atoms. The Balaban J connectivity index is 3.28. The van der Waals surface area contributed by atoms with Gasteiger partial charge < -0.3 is 0 Å². The summed E-state index contributed by atoms with van der Waals surface area (Å²) in [6.07, 6.45) is 0. The Morgan fingerprint density at radius 2 is 1.79 bits per heavy atom. The average Bonchev–Trinajstić information content (AvgIpc) is 2.14. The van der Waals surface area contributed by atoms with Gasteiger partial charge in [-0.05, 0) is 30.7 Å². The molecule has 1 nitrogen and oxygen atoms in total. The number of benzene rings is 1. The standard InChI is InChI=1S/C10H6Br2ClN/c1-6(5-14)10(13)7-2-8(11)4-9(12)3-7/h2-4H,1H3/b10-6-. The fraction of sp³-hybridized carbons (Fsp3) is 0.100. The summed E-state index contributed by atoms with van der Waals surface area (Å²) >= 11 is 12.7. The molecule has 14 heavy (non-hydrogen) atoms. The van der Waals surface area contributed by atoms with E-state index in [0.29, 0.717) is 10.6 Å². The van der Waals surface area contributed by atoms with Crippen LogP contribution in [0.25, 0.3) is 5.03 Å². The lowest BCUT2D eigenvalue weighted by Crippen LogP contribution is -1.82. The summed E-state index contributed by atoms with van der Waals surface area (Å²) in [6.45, 7) is 1.69. The van der Waals surface area contributed by atoms with Gasteiger partial charge in [0.2, 0.25) is 0 Å². The number of nitrogens with zero attached hydrogens (tertiary/aromatic N) is 1. The topological polar surface area (TPSA) is 23.8 Å². The smallest absolute Gasteiger partial charge is 0.0959 e. The number of halogens is 3. The van der Waals surface area contributed by atoms with Crippen molar-refractivity contribution in [3.8, 4) is 6.07 Å². The summed E-state index contributed by atoms with van der Waals surface area (Å²) in [5.74, 6) is 0.